The number of nitrogens with one attached hydrogen (secondary N) is 2. The van der Waals surface area contributed by atoms with Crippen LogP contribution in [0.5, 0.6) is 0 Å². The molecule has 1 saturated heterocycles. The molecule has 19 heavy (non-hydrogen) atoms. The molecule has 1 atom stereocenters. The third-order valence-corrected chi connectivity index (χ3v) is 4.03. The van der Waals surface area contributed by atoms with Gasteiger partial charge in [0.05, 0.1) is 0 Å². The van der Waals surface area contributed by atoms with E-state index in [1.165, 1.54) is 6.42 Å². The van der Waals surface area contributed by atoms with Crippen molar-refractivity contribution < 1.29 is 0 Å². The predicted molar refractivity (Wildman–Crippen MR) is 74.8 cm³/mol. The number of fused-ring (bicyclic) bond motifs is 1. The topological polar surface area (TPSA) is 62.2 Å². The van der Waals surface area contributed by atoms with E-state index in [0.717, 1.165) is 48.5 Å². The van der Waals surface area contributed by atoms with Crippen molar-refractivity contribution in [2.24, 2.45) is 0 Å². The van der Waals surface area contributed by atoms with E-state index in [1.807, 2.05) is 19.9 Å². The number of hydrogen-bond acceptors (Lipinski definition) is 3. The van der Waals surface area contributed by atoms with E-state index in [-0.39, 0.29) is 5.56 Å². The lowest BCUT2D eigenvalue weighted by Crippen LogP contribution is -2.28. The first kappa shape index (κ1) is 12.4. The molecule has 102 valence electrons. The van der Waals surface area contributed by atoms with Crippen LogP contribution in [0, 0.1) is 6.92 Å². The highest BCUT2D eigenvalue weighted by molar-refractivity contribution is 5.42. The van der Waals surface area contributed by atoms with Crippen LogP contribution in [0.4, 0.5) is 0 Å². The zero-order valence-electron chi connectivity index (χ0n) is 11.5. The Morgan fingerprint density at radius 2 is 2.37 bits per heavy atom. The van der Waals surface area contributed by atoms with Crippen molar-refractivity contribution in [3.05, 3.63) is 33.4 Å². The van der Waals surface area contributed by atoms with E-state index >= 15 is 0 Å². The summed E-state index contributed by atoms with van der Waals surface area (Å²) in [5, 5.41) is 6.64. The minimum Gasteiger partial charge on any atom is -0.316 e. The van der Waals surface area contributed by atoms with E-state index in [0.29, 0.717) is 5.92 Å². The van der Waals surface area contributed by atoms with Gasteiger partial charge >= 0.3 is 0 Å². The van der Waals surface area contributed by atoms with E-state index in [1.54, 1.807) is 4.52 Å². The van der Waals surface area contributed by atoms with Crippen molar-refractivity contribution in [3.63, 3.8) is 0 Å². The van der Waals surface area contributed by atoms with Crippen molar-refractivity contribution in [3.8, 4) is 0 Å². The molecular formula is C14H20N4O. The molecule has 0 aromatic carbocycles. The molecule has 1 aliphatic heterocycles. The summed E-state index contributed by atoms with van der Waals surface area (Å²) in [5.74, 6) is 0.459. The number of aryl methyl sites for hydroxylation is 1. The first-order valence-electron chi connectivity index (χ1n) is 7.02. The SMILES string of the molecule is CCc1c(C)nc2cc([C@@H]3CCCNC3)[nH]n2c1=O. The summed E-state index contributed by atoms with van der Waals surface area (Å²) in [4.78, 5) is 16.9. The summed E-state index contributed by atoms with van der Waals surface area (Å²) >= 11 is 0. The average molecular weight is 260 g/mol. The highest BCUT2D eigenvalue weighted by Gasteiger charge is 2.19. The van der Waals surface area contributed by atoms with Gasteiger partial charge in [0.2, 0.25) is 0 Å². The Hall–Kier alpha value is -1.62. The fourth-order valence-electron chi connectivity index (χ4n) is 2.92. The van der Waals surface area contributed by atoms with Gasteiger partial charge in [-0.25, -0.2) is 9.50 Å². The molecule has 5 nitrogen and oxygen atoms in total. The fraction of sp³-hybridized carbons (Fsp3) is 0.571. The molecule has 0 unspecified atom stereocenters. The third kappa shape index (κ3) is 2.08. The summed E-state index contributed by atoms with van der Waals surface area (Å²) in [6, 6.07) is 2.02. The normalized spacial score (nSPS) is 20.0. The van der Waals surface area contributed by atoms with Crippen LogP contribution in [0.3, 0.4) is 0 Å². The maximum atomic E-state index is 12.4. The number of H-pyrrole nitrogens is 1. The number of aromatic amines is 1. The first-order valence-corrected chi connectivity index (χ1v) is 7.02. The van der Waals surface area contributed by atoms with E-state index in [9.17, 15) is 4.79 Å². The van der Waals surface area contributed by atoms with E-state index in [4.69, 9.17) is 0 Å². The van der Waals surface area contributed by atoms with Gasteiger partial charge in [-0.2, -0.15) is 0 Å². The van der Waals surface area contributed by atoms with Crippen LogP contribution < -0.4 is 10.9 Å². The smallest absolute Gasteiger partial charge is 0.276 e. The van der Waals surface area contributed by atoms with Gasteiger partial charge < -0.3 is 5.32 Å². The summed E-state index contributed by atoms with van der Waals surface area (Å²) in [6.45, 7) is 5.97. The van der Waals surface area contributed by atoms with Crippen LogP contribution in [0.1, 0.15) is 42.6 Å². The zero-order valence-corrected chi connectivity index (χ0v) is 11.5. The fourth-order valence-corrected chi connectivity index (χ4v) is 2.92. The first-order chi connectivity index (χ1) is 9.20. The minimum absolute atomic E-state index is 0.0417. The highest BCUT2D eigenvalue weighted by Crippen LogP contribution is 2.22. The van der Waals surface area contributed by atoms with Gasteiger partial charge in [0.15, 0.2) is 5.65 Å². The van der Waals surface area contributed by atoms with Gasteiger partial charge in [0, 0.05) is 35.5 Å². The second-order valence-electron chi connectivity index (χ2n) is 5.28. The monoisotopic (exact) mass is 260 g/mol. The Labute approximate surface area is 112 Å². The maximum Gasteiger partial charge on any atom is 0.276 e. The van der Waals surface area contributed by atoms with Gasteiger partial charge in [0.25, 0.3) is 5.56 Å². The van der Waals surface area contributed by atoms with Gasteiger partial charge in [-0.15, -0.1) is 0 Å². The number of nitrogens with zero attached hydrogens (tertiary/aromatic N) is 2. The van der Waals surface area contributed by atoms with Crippen molar-refractivity contribution in [1.29, 1.82) is 0 Å². The lowest BCUT2D eigenvalue weighted by atomic mass is 9.96. The summed E-state index contributed by atoms with van der Waals surface area (Å²) < 4.78 is 1.59. The molecule has 2 aromatic rings. The van der Waals surface area contributed by atoms with Crippen molar-refractivity contribution in [1.82, 2.24) is 19.9 Å². The van der Waals surface area contributed by atoms with Gasteiger partial charge in [0.1, 0.15) is 0 Å². The molecule has 0 aliphatic carbocycles. The van der Waals surface area contributed by atoms with Gasteiger partial charge in [-0.1, -0.05) is 6.92 Å². The second kappa shape index (κ2) is 4.81. The second-order valence-corrected chi connectivity index (χ2v) is 5.28. The summed E-state index contributed by atoms with van der Waals surface area (Å²) in [5.41, 5.74) is 3.54. The predicted octanol–water partition coefficient (Wildman–Crippen LogP) is 1.36. The molecule has 2 aromatic heterocycles. The average Bonchev–Trinajstić information content (AvgIpc) is 2.84. The lowest BCUT2D eigenvalue weighted by molar-refractivity contribution is 0.453. The highest BCUT2D eigenvalue weighted by atomic mass is 16.1. The molecule has 0 saturated carbocycles. The summed E-state index contributed by atoms with van der Waals surface area (Å²) in [7, 11) is 0. The zero-order chi connectivity index (χ0) is 13.4. The quantitative estimate of drug-likeness (QED) is 0.857. The van der Waals surface area contributed by atoms with Gasteiger partial charge in [-0.3, -0.25) is 9.89 Å². The lowest BCUT2D eigenvalue weighted by Gasteiger charge is -2.21. The molecule has 3 rings (SSSR count). The Bertz CT molecular complexity index is 649. The molecule has 0 spiro atoms. The van der Waals surface area contributed by atoms with Crippen molar-refractivity contribution in [2.45, 2.75) is 39.0 Å². The van der Waals surface area contributed by atoms with Crippen LogP contribution in [-0.2, 0) is 6.42 Å². The maximum absolute atomic E-state index is 12.4. The molecule has 0 radical (unpaired) electrons. The third-order valence-electron chi connectivity index (χ3n) is 4.03. The molecule has 1 aliphatic rings. The van der Waals surface area contributed by atoms with Crippen LogP contribution in [0.15, 0.2) is 10.9 Å². The molecule has 1 fully saturated rings. The van der Waals surface area contributed by atoms with Crippen LogP contribution in [-0.4, -0.2) is 27.7 Å². The van der Waals surface area contributed by atoms with Crippen molar-refractivity contribution in [2.75, 3.05) is 13.1 Å². The molecule has 2 N–H and O–H groups in total. The van der Waals surface area contributed by atoms with Crippen LogP contribution in [0.25, 0.3) is 5.65 Å². The molecule has 5 heteroatoms. The Balaban J connectivity index is 2.10. The number of rotatable bonds is 2. The largest absolute Gasteiger partial charge is 0.316 e. The molecule has 3 heterocycles. The van der Waals surface area contributed by atoms with Gasteiger partial charge in [-0.05, 0) is 32.7 Å². The standard InChI is InChI=1S/C14H20N4O/c1-3-11-9(2)16-13-7-12(17-18(13)14(11)19)10-5-4-6-15-8-10/h7,10,15,17H,3-6,8H2,1-2H3/t10-/m1/s1. The molecule has 0 bridgehead atoms. The Morgan fingerprint density at radius 1 is 1.53 bits per heavy atom. The van der Waals surface area contributed by atoms with E-state index < -0.39 is 0 Å². The minimum atomic E-state index is 0.0417. The van der Waals surface area contributed by atoms with Crippen LogP contribution in [0.2, 0.25) is 0 Å². The molecular weight excluding hydrogens is 240 g/mol. The summed E-state index contributed by atoms with van der Waals surface area (Å²) in [6.07, 6.45) is 3.07. The Kier molecular flexibility index (Phi) is 3.14. The van der Waals surface area contributed by atoms with Crippen LogP contribution >= 0.6 is 0 Å². The number of aromatic nitrogens is 3. The Morgan fingerprint density at radius 3 is 3.05 bits per heavy atom. The number of piperidine rings is 1. The molecule has 0 amide bonds. The number of hydrogen-bond donors (Lipinski definition) is 2. The van der Waals surface area contributed by atoms with Crippen molar-refractivity contribution >= 4 is 5.65 Å². The van der Waals surface area contributed by atoms with E-state index in [2.05, 4.69) is 15.4 Å².